The smallest absolute Gasteiger partial charge is 0.277 e. The van der Waals surface area contributed by atoms with Gasteiger partial charge in [0.05, 0.1) is 29.1 Å². The second-order valence-corrected chi connectivity index (χ2v) is 8.15. The number of benzene rings is 2. The molecule has 7 nitrogen and oxygen atoms in total. The van der Waals surface area contributed by atoms with Crippen LogP contribution in [0.3, 0.4) is 0 Å². The number of carbonyl (C=O) groups is 1. The second kappa shape index (κ2) is 9.29. The number of carbonyl (C=O) groups excluding carboxylic acids is 1. The van der Waals surface area contributed by atoms with Gasteiger partial charge in [-0.3, -0.25) is 4.79 Å². The number of anilines is 1. The summed E-state index contributed by atoms with van der Waals surface area (Å²) in [5.41, 5.74) is 2.38. The van der Waals surface area contributed by atoms with Crippen LogP contribution in [0.5, 0.6) is 5.75 Å². The number of methoxy groups -OCH3 is 1. The highest BCUT2D eigenvalue weighted by molar-refractivity contribution is 7.99. The van der Waals surface area contributed by atoms with Crippen molar-refractivity contribution in [2.75, 3.05) is 18.2 Å². The van der Waals surface area contributed by atoms with E-state index >= 15 is 0 Å². The van der Waals surface area contributed by atoms with E-state index in [-0.39, 0.29) is 16.9 Å². The Morgan fingerprint density at radius 2 is 2.00 bits per heavy atom. The standard InChI is InChI=1S/C20H15ClN4O3S2/c1-27-13-8-6-12(7-9-13)16-10-29-19(22-16)23-17(26)11-30-20-25-24-18(28-20)14-4-2-3-5-15(14)21/h2-10H,11H2,1H3,(H,22,23,26). The third kappa shape index (κ3) is 4.81. The molecule has 2 aromatic carbocycles. The number of hydrogen-bond donors (Lipinski definition) is 1. The van der Waals surface area contributed by atoms with E-state index in [1.165, 1.54) is 11.3 Å². The predicted octanol–water partition coefficient (Wildman–Crippen LogP) is 5.25. The Morgan fingerprint density at radius 1 is 1.20 bits per heavy atom. The summed E-state index contributed by atoms with van der Waals surface area (Å²) < 4.78 is 10.7. The van der Waals surface area contributed by atoms with Crippen LogP contribution < -0.4 is 10.1 Å². The first-order chi connectivity index (χ1) is 14.6. The van der Waals surface area contributed by atoms with Crippen molar-refractivity contribution in [3.63, 3.8) is 0 Å². The minimum Gasteiger partial charge on any atom is -0.497 e. The van der Waals surface area contributed by atoms with Gasteiger partial charge in [-0.15, -0.1) is 21.5 Å². The molecule has 2 heterocycles. The van der Waals surface area contributed by atoms with Gasteiger partial charge in [-0.25, -0.2) is 4.98 Å². The first-order valence-corrected chi connectivity index (χ1v) is 11.0. The summed E-state index contributed by atoms with van der Waals surface area (Å²) in [7, 11) is 1.62. The summed E-state index contributed by atoms with van der Waals surface area (Å²) >= 11 is 8.64. The largest absolute Gasteiger partial charge is 0.497 e. The van der Waals surface area contributed by atoms with Crippen LogP contribution in [0.2, 0.25) is 5.02 Å². The Kier molecular flexibility index (Phi) is 6.32. The van der Waals surface area contributed by atoms with Gasteiger partial charge in [0.15, 0.2) is 5.13 Å². The molecule has 4 aromatic rings. The highest BCUT2D eigenvalue weighted by atomic mass is 35.5. The van der Waals surface area contributed by atoms with E-state index in [4.69, 9.17) is 20.8 Å². The summed E-state index contributed by atoms with van der Waals surface area (Å²) in [5, 5.41) is 13.9. The molecule has 2 aromatic heterocycles. The maximum Gasteiger partial charge on any atom is 0.277 e. The molecule has 30 heavy (non-hydrogen) atoms. The number of hydrogen-bond acceptors (Lipinski definition) is 8. The van der Waals surface area contributed by atoms with Gasteiger partial charge >= 0.3 is 0 Å². The van der Waals surface area contributed by atoms with Gasteiger partial charge in [0.1, 0.15) is 5.75 Å². The lowest BCUT2D eigenvalue weighted by molar-refractivity contribution is -0.113. The molecule has 152 valence electrons. The Labute approximate surface area is 185 Å². The minimum absolute atomic E-state index is 0.113. The number of nitrogens with zero attached hydrogens (tertiary/aromatic N) is 3. The van der Waals surface area contributed by atoms with E-state index < -0.39 is 0 Å². The fourth-order valence-electron chi connectivity index (χ4n) is 2.52. The summed E-state index contributed by atoms with van der Waals surface area (Å²) in [6.45, 7) is 0. The molecule has 10 heteroatoms. The van der Waals surface area contributed by atoms with E-state index in [0.29, 0.717) is 21.6 Å². The van der Waals surface area contributed by atoms with Crippen LogP contribution in [0.15, 0.2) is 63.6 Å². The van der Waals surface area contributed by atoms with E-state index in [1.807, 2.05) is 41.8 Å². The SMILES string of the molecule is COc1ccc(-c2csc(NC(=O)CSc3nnc(-c4ccccc4Cl)o3)n2)cc1. The van der Waals surface area contributed by atoms with Gasteiger partial charge in [0, 0.05) is 10.9 Å². The normalized spacial score (nSPS) is 10.7. The summed E-state index contributed by atoms with van der Waals surface area (Å²) in [4.78, 5) is 16.7. The lowest BCUT2D eigenvalue weighted by atomic mass is 10.2. The molecular formula is C20H15ClN4O3S2. The number of rotatable bonds is 7. The van der Waals surface area contributed by atoms with Crippen molar-refractivity contribution in [1.82, 2.24) is 15.2 Å². The summed E-state index contributed by atoms with van der Waals surface area (Å²) in [6, 6.07) is 14.8. The predicted molar refractivity (Wildman–Crippen MR) is 118 cm³/mol. The molecule has 0 atom stereocenters. The van der Waals surface area contributed by atoms with Crippen molar-refractivity contribution < 1.29 is 13.9 Å². The van der Waals surface area contributed by atoms with Crippen LogP contribution in [0.25, 0.3) is 22.7 Å². The van der Waals surface area contributed by atoms with Gasteiger partial charge in [0.25, 0.3) is 5.22 Å². The number of halogens is 1. The van der Waals surface area contributed by atoms with Crippen LogP contribution in [0.4, 0.5) is 5.13 Å². The fraction of sp³-hybridized carbons (Fsp3) is 0.100. The third-order valence-corrected chi connectivity index (χ3v) is 5.88. The van der Waals surface area contributed by atoms with Gasteiger partial charge < -0.3 is 14.5 Å². The second-order valence-electron chi connectivity index (χ2n) is 5.96. The topological polar surface area (TPSA) is 90.1 Å². The molecule has 0 fully saturated rings. The first kappa shape index (κ1) is 20.4. The molecule has 1 amide bonds. The van der Waals surface area contributed by atoms with Crippen LogP contribution >= 0.6 is 34.7 Å². The number of thioether (sulfide) groups is 1. The van der Waals surface area contributed by atoms with Crippen LogP contribution in [0.1, 0.15) is 0 Å². The molecule has 0 unspecified atom stereocenters. The van der Waals surface area contributed by atoms with Crippen molar-refractivity contribution in [2.45, 2.75) is 5.22 Å². The van der Waals surface area contributed by atoms with Crippen LogP contribution in [-0.4, -0.2) is 34.0 Å². The van der Waals surface area contributed by atoms with E-state index in [0.717, 1.165) is 28.8 Å². The Hall–Kier alpha value is -2.88. The zero-order chi connectivity index (χ0) is 20.9. The van der Waals surface area contributed by atoms with E-state index in [9.17, 15) is 4.79 Å². The Balaban J connectivity index is 1.33. The summed E-state index contributed by atoms with van der Waals surface area (Å²) in [5.74, 6) is 0.987. The highest BCUT2D eigenvalue weighted by Gasteiger charge is 2.14. The number of nitrogens with one attached hydrogen (secondary N) is 1. The molecule has 0 radical (unpaired) electrons. The molecule has 4 rings (SSSR count). The lowest BCUT2D eigenvalue weighted by Gasteiger charge is -2.01. The van der Waals surface area contributed by atoms with Crippen molar-refractivity contribution >= 4 is 45.7 Å². The van der Waals surface area contributed by atoms with Crippen LogP contribution in [-0.2, 0) is 4.79 Å². The van der Waals surface area contributed by atoms with Gasteiger partial charge in [-0.05, 0) is 36.4 Å². The minimum atomic E-state index is -0.215. The average Bonchev–Trinajstić information content (AvgIpc) is 3.42. The molecule has 0 aliphatic carbocycles. The maximum atomic E-state index is 12.3. The molecule has 0 aliphatic rings. The van der Waals surface area contributed by atoms with Crippen molar-refractivity contribution in [3.8, 4) is 28.5 Å². The quantitative estimate of drug-likeness (QED) is 0.378. The zero-order valence-corrected chi connectivity index (χ0v) is 18.1. The Bertz CT molecular complexity index is 1160. The number of thiazole rings is 1. The Morgan fingerprint density at radius 3 is 2.77 bits per heavy atom. The van der Waals surface area contributed by atoms with E-state index in [2.05, 4.69) is 20.5 Å². The number of amides is 1. The van der Waals surface area contributed by atoms with Crippen molar-refractivity contribution in [2.24, 2.45) is 0 Å². The van der Waals surface area contributed by atoms with Crippen molar-refractivity contribution in [1.29, 1.82) is 0 Å². The average molecular weight is 459 g/mol. The third-order valence-electron chi connectivity index (χ3n) is 3.97. The fourth-order valence-corrected chi connectivity index (χ4v) is 4.04. The maximum absolute atomic E-state index is 12.3. The first-order valence-electron chi connectivity index (χ1n) is 8.73. The lowest BCUT2D eigenvalue weighted by Crippen LogP contribution is -2.13. The monoisotopic (exact) mass is 458 g/mol. The summed E-state index contributed by atoms with van der Waals surface area (Å²) in [6.07, 6.45) is 0. The van der Waals surface area contributed by atoms with Gasteiger partial charge in [0.2, 0.25) is 11.8 Å². The van der Waals surface area contributed by atoms with Gasteiger partial charge in [-0.1, -0.05) is 35.5 Å². The van der Waals surface area contributed by atoms with Gasteiger partial charge in [-0.2, -0.15) is 0 Å². The van der Waals surface area contributed by atoms with Crippen LogP contribution in [0, 0.1) is 0 Å². The molecule has 1 N–H and O–H groups in total. The van der Waals surface area contributed by atoms with E-state index in [1.54, 1.807) is 19.2 Å². The highest BCUT2D eigenvalue weighted by Crippen LogP contribution is 2.29. The molecular weight excluding hydrogens is 444 g/mol. The molecule has 0 saturated heterocycles. The number of ether oxygens (including phenoxy) is 1. The molecule has 0 bridgehead atoms. The zero-order valence-electron chi connectivity index (χ0n) is 15.7. The van der Waals surface area contributed by atoms with Crippen molar-refractivity contribution in [3.05, 3.63) is 58.9 Å². The molecule has 0 saturated carbocycles. The molecule has 0 spiro atoms. The molecule has 0 aliphatic heterocycles. The number of aromatic nitrogens is 3.